The van der Waals surface area contributed by atoms with E-state index in [9.17, 15) is 0 Å². The van der Waals surface area contributed by atoms with Gasteiger partial charge in [0.2, 0.25) is 0 Å². The summed E-state index contributed by atoms with van der Waals surface area (Å²) in [6, 6.07) is 16.5. The van der Waals surface area contributed by atoms with Gasteiger partial charge in [0, 0.05) is 12.6 Å². The lowest BCUT2D eigenvalue weighted by Gasteiger charge is -2.30. The molecular formula is C16H19ClN2. The third-order valence-corrected chi connectivity index (χ3v) is 3.49. The van der Waals surface area contributed by atoms with Gasteiger partial charge in [0.05, 0.1) is 16.4 Å². The molecule has 0 aliphatic rings. The molecule has 2 rings (SSSR count). The van der Waals surface area contributed by atoms with Gasteiger partial charge in [-0.25, -0.2) is 0 Å². The van der Waals surface area contributed by atoms with Gasteiger partial charge in [-0.15, -0.1) is 0 Å². The van der Waals surface area contributed by atoms with Gasteiger partial charge < -0.3 is 10.6 Å². The average Bonchev–Trinajstić information content (AvgIpc) is 2.40. The molecule has 0 saturated heterocycles. The van der Waals surface area contributed by atoms with E-state index in [1.54, 1.807) is 0 Å². The van der Waals surface area contributed by atoms with Gasteiger partial charge in [0.1, 0.15) is 0 Å². The molecule has 3 heteroatoms. The van der Waals surface area contributed by atoms with Crippen LogP contribution in [0.1, 0.15) is 19.4 Å². The van der Waals surface area contributed by atoms with Crippen LogP contribution in [0.5, 0.6) is 0 Å². The number of rotatable bonds is 4. The molecular weight excluding hydrogens is 256 g/mol. The van der Waals surface area contributed by atoms with E-state index in [0.717, 1.165) is 12.2 Å². The SMILES string of the molecule is CC(C)N(Cc1ccccc1)c1cccc(Cl)c1N. The van der Waals surface area contributed by atoms with Crippen LogP contribution in [-0.4, -0.2) is 6.04 Å². The van der Waals surface area contributed by atoms with Crippen LogP contribution in [0.4, 0.5) is 11.4 Å². The van der Waals surface area contributed by atoms with Crippen LogP contribution in [0.25, 0.3) is 0 Å². The largest absolute Gasteiger partial charge is 0.396 e. The normalized spacial score (nSPS) is 10.7. The van der Waals surface area contributed by atoms with E-state index >= 15 is 0 Å². The monoisotopic (exact) mass is 274 g/mol. The van der Waals surface area contributed by atoms with E-state index in [4.69, 9.17) is 17.3 Å². The zero-order valence-electron chi connectivity index (χ0n) is 11.3. The number of hydrogen-bond donors (Lipinski definition) is 1. The van der Waals surface area contributed by atoms with Gasteiger partial charge >= 0.3 is 0 Å². The molecule has 0 bridgehead atoms. The first-order chi connectivity index (χ1) is 9.09. The fraction of sp³-hybridized carbons (Fsp3) is 0.250. The van der Waals surface area contributed by atoms with Crippen molar-refractivity contribution in [3.63, 3.8) is 0 Å². The van der Waals surface area contributed by atoms with Crippen molar-refractivity contribution in [1.82, 2.24) is 0 Å². The number of nitrogens with two attached hydrogens (primary N) is 1. The summed E-state index contributed by atoms with van der Waals surface area (Å²) in [7, 11) is 0. The van der Waals surface area contributed by atoms with Crippen molar-refractivity contribution in [2.75, 3.05) is 10.6 Å². The van der Waals surface area contributed by atoms with E-state index in [1.165, 1.54) is 5.56 Å². The summed E-state index contributed by atoms with van der Waals surface area (Å²) in [6.07, 6.45) is 0. The van der Waals surface area contributed by atoms with Crippen molar-refractivity contribution in [2.45, 2.75) is 26.4 Å². The lowest BCUT2D eigenvalue weighted by Crippen LogP contribution is -2.30. The molecule has 0 aliphatic heterocycles. The molecule has 100 valence electrons. The minimum absolute atomic E-state index is 0.348. The Morgan fingerprint density at radius 1 is 1.05 bits per heavy atom. The van der Waals surface area contributed by atoms with Gasteiger partial charge in [-0.3, -0.25) is 0 Å². The Balaban J connectivity index is 2.33. The summed E-state index contributed by atoms with van der Waals surface area (Å²) in [5, 5.41) is 0.608. The second-order valence-corrected chi connectivity index (χ2v) is 5.29. The molecule has 0 saturated carbocycles. The van der Waals surface area contributed by atoms with Crippen LogP contribution in [0, 0.1) is 0 Å². The maximum atomic E-state index is 6.11. The Morgan fingerprint density at radius 2 is 1.74 bits per heavy atom. The van der Waals surface area contributed by atoms with E-state index in [2.05, 4.69) is 43.0 Å². The second-order valence-electron chi connectivity index (χ2n) is 4.88. The number of hydrogen-bond acceptors (Lipinski definition) is 2. The number of halogens is 1. The summed E-state index contributed by atoms with van der Waals surface area (Å²) in [5.74, 6) is 0. The summed E-state index contributed by atoms with van der Waals surface area (Å²) in [6.45, 7) is 5.13. The Bertz CT molecular complexity index is 538. The smallest absolute Gasteiger partial charge is 0.0741 e. The number of benzene rings is 2. The van der Waals surface area contributed by atoms with E-state index in [0.29, 0.717) is 16.8 Å². The first kappa shape index (κ1) is 13.8. The van der Waals surface area contributed by atoms with Crippen molar-refractivity contribution in [1.29, 1.82) is 0 Å². The highest BCUT2D eigenvalue weighted by molar-refractivity contribution is 6.33. The quantitative estimate of drug-likeness (QED) is 0.841. The first-order valence-corrected chi connectivity index (χ1v) is 6.82. The van der Waals surface area contributed by atoms with Crippen molar-refractivity contribution in [2.24, 2.45) is 0 Å². The third kappa shape index (κ3) is 3.21. The maximum absolute atomic E-state index is 6.11. The summed E-state index contributed by atoms with van der Waals surface area (Å²) in [5.41, 5.74) is 9.00. The molecule has 19 heavy (non-hydrogen) atoms. The summed E-state index contributed by atoms with van der Waals surface area (Å²) < 4.78 is 0. The van der Waals surface area contributed by atoms with E-state index in [1.807, 2.05) is 24.3 Å². The zero-order valence-corrected chi connectivity index (χ0v) is 12.1. The van der Waals surface area contributed by atoms with Crippen LogP contribution in [0.2, 0.25) is 5.02 Å². The van der Waals surface area contributed by atoms with Crippen LogP contribution in [0.3, 0.4) is 0 Å². The van der Waals surface area contributed by atoms with Gasteiger partial charge in [-0.05, 0) is 31.5 Å². The van der Waals surface area contributed by atoms with Gasteiger partial charge in [-0.1, -0.05) is 48.0 Å². The molecule has 2 N–H and O–H groups in total. The van der Waals surface area contributed by atoms with Crippen LogP contribution in [0.15, 0.2) is 48.5 Å². The van der Waals surface area contributed by atoms with E-state index in [-0.39, 0.29) is 0 Å². The molecule has 0 radical (unpaired) electrons. The highest BCUT2D eigenvalue weighted by Gasteiger charge is 2.15. The molecule has 0 spiro atoms. The van der Waals surface area contributed by atoms with Crippen molar-refractivity contribution in [3.05, 3.63) is 59.1 Å². The molecule has 0 aromatic heterocycles. The molecule has 0 atom stereocenters. The molecule has 2 aromatic rings. The molecule has 2 nitrogen and oxygen atoms in total. The Morgan fingerprint density at radius 3 is 2.37 bits per heavy atom. The Kier molecular flexibility index (Phi) is 4.33. The van der Waals surface area contributed by atoms with Crippen LogP contribution < -0.4 is 10.6 Å². The lowest BCUT2D eigenvalue weighted by molar-refractivity contribution is 0.683. The van der Waals surface area contributed by atoms with Crippen molar-refractivity contribution in [3.8, 4) is 0 Å². The minimum atomic E-state index is 0.348. The van der Waals surface area contributed by atoms with Gasteiger partial charge in [0.25, 0.3) is 0 Å². The molecule has 2 aromatic carbocycles. The zero-order chi connectivity index (χ0) is 13.8. The minimum Gasteiger partial charge on any atom is -0.396 e. The first-order valence-electron chi connectivity index (χ1n) is 6.44. The molecule has 0 unspecified atom stereocenters. The fourth-order valence-electron chi connectivity index (χ4n) is 2.10. The number of para-hydroxylation sites is 1. The second kappa shape index (κ2) is 5.98. The standard InChI is InChI=1S/C16H19ClN2/c1-12(2)19(11-13-7-4-3-5-8-13)15-10-6-9-14(17)16(15)18/h3-10,12H,11,18H2,1-2H3. The highest BCUT2D eigenvalue weighted by Crippen LogP contribution is 2.32. The topological polar surface area (TPSA) is 29.3 Å². The van der Waals surface area contributed by atoms with Crippen LogP contribution >= 0.6 is 11.6 Å². The molecule has 0 heterocycles. The third-order valence-electron chi connectivity index (χ3n) is 3.16. The molecule has 0 fully saturated rings. The molecule has 0 aliphatic carbocycles. The van der Waals surface area contributed by atoms with Crippen LogP contribution in [-0.2, 0) is 6.54 Å². The predicted molar refractivity (Wildman–Crippen MR) is 83.6 cm³/mol. The number of anilines is 2. The van der Waals surface area contributed by atoms with Gasteiger partial charge in [-0.2, -0.15) is 0 Å². The van der Waals surface area contributed by atoms with Gasteiger partial charge in [0.15, 0.2) is 0 Å². The summed E-state index contributed by atoms with van der Waals surface area (Å²) in [4.78, 5) is 2.26. The lowest BCUT2D eigenvalue weighted by atomic mass is 10.1. The van der Waals surface area contributed by atoms with E-state index < -0.39 is 0 Å². The van der Waals surface area contributed by atoms with Crippen molar-refractivity contribution < 1.29 is 0 Å². The highest BCUT2D eigenvalue weighted by atomic mass is 35.5. The Hall–Kier alpha value is -1.67. The maximum Gasteiger partial charge on any atom is 0.0741 e. The van der Waals surface area contributed by atoms with Crippen molar-refractivity contribution >= 4 is 23.0 Å². The average molecular weight is 275 g/mol. The Labute approximate surface area is 119 Å². The number of nitrogens with zero attached hydrogens (tertiary/aromatic N) is 1. The number of nitrogen functional groups attached to an aromatic ring is 1. The molecule has 0 amide bonds. The summed E-state index contributed by atoms with van der Waals surface area (Å²) >= 11 is 6.11. The fourth-order valence-corrected chi connectivity index (χ4v) is 2.27. The predicted octanol–water partition coefficient (Wildman–Crippen LogP) is 4.34.